The van der Waals surface area contributed by atoms with Crippen LogP contribution in [0, 0.1) is 10.1 Å². The minimum absolute atomic E-state index is 0.0604. The summed E-state index contributed by atoms with van der Waals surface area (Å²) in [4.78, 5) is 9.94. The summed E-state index contributed by atoms with van der Waals surface area (Å²) >= 11 is 0. The highest BCUT2D eigenvalue weighted by atomic mass is 16.6. The topological polar surface area (TPSA) is 83.8 Å². The zero-order valence-electron chi connectivity index (χ0n) is 6.70. The summed E-state index contributed by atoms with van der Waals surface area (Å²) in [6.07, 6.45) is 1.82. The molecule has 0 aliphatic rings. The lowest BCUT2D eigenvalue weighted by Crippen LogP contribution is -2.11. The van der Waals surface area contributed by atoms with Crippen LogP contribution in [0.3, 0.4) is 0 Å². The SMILES string of the molecule is CNCCc1[nH]ncc1[N+](=O)[O-]. The maximum absolute atomic E-state index is 10.4. The van der Waals surface area contributed by atoms with Crippen molar-refractivity contribution in [1.82, 2.24) is 15.5 Å². The van der Waals surface area contributed by atoms with Gasteiger partial charge in [-0.25, -0.2) is 0 Å². The molecule has 0 fully saturated rings. The van der Waals surface area contributed by atoms with E-state index in [1.807, 2.05) is 0 Å². The van der Waals surface area contributed by atoms with Gasteiger partial charge in [0.25, 0.3) is 0 Å². The van der Waals surface area contributed by atoms with Gasteiger partial charge in [0.2, 0.25) is 0 Å². The first-order chi connectivity index (χ1) is 5.75. The summed E-state index contributed by atoms with van der Waals surface area (Å²) in [5, 5.41) is 19.5. The summed E-state index contributed by atoms with van der Waals surface area (Å²) in [6, 6.07) is 0. The van der Waals surface area contributed by atoms with E-state index >= 15 is 0 Å². The molecule has 0 aliphatic carbocycles. The molecule has 0 radical (unpaired) electrons. The van der Waals surface area contributed by atoms with Crippen LogP contribution in [0.2, 0.25) is 0 Å². The number of nitrogens with zero attached hydrogens (tertiary/aromatic N) is 2. The lowest BCUT2D eigenvalue weighted by atomic mass is 10.3. The van der Waals surface area contributed by atoms with Crippen molar-refractivity contribution < 1.29 is 4.92 Å². The molecule has 0 unspecified atom stereocenters. The van der Waals surface area contributed by atoms with E-state index in [1.54, 1.807) is 7.05 Å². The minimum Gasteiger partial charge on any atom is -0.319 e. The van der Waals surface area contributed by atoms with Crippen LogP contribution in [0.25, 0.3) is 0 Å². The molecule has 0 amide bonds. The molecule has 0 bridgehead atoms. The van der Waals surface area contributed by atoms with Crippen LogP contribution >= 0.6 is 0 Å². The number of hydrogen-bond donors (Lipinski definition) is 2. The third-order valence-electron chi connectivity index (χ3n) is 1.52. The average molecular weight is 170 g/mol. The highest BCUT2D eigenvalue weighted by molar-refractivity contribution is 5.31. The molecule has 0 atom stereocenters. The fraction of sp³-hybridized carbons (Fsp3) is 0.500. The molecule has 1 heterocycles. The zero-order valence-corrected chi connectivity index (χ0v) is 6.70. The Morgan fingerprint density at radius 1 is 1.83 bits per heavy atom. The van der Waals surface area contributed by atoms with Crippen molar-refractivity contribution in [1.29, 1.82) is 0 Å². The van der Waals surface area contributed by atoms with Gasteiger partial charge in [0, 0.05) is 13.0 Å². The summed E-state index contributed by atoms with van der Waals surface area (Å²) in [7, 11) is 1.79. The van der Waals surface area contributed by atoms with Gasteiger partial charge in [0.15, 0.2) is 0 Å². The van der Waals surface area contributed by atoms with Crippen molar-refractivity contribution in [3.05, 3.63) is 22.0 Å². The van der Waals surface area contributed by atoms with E-state index in [0.29, 0.717) is 18.7 Å². The second-order valence-corrected chi connectivity index (χ2v) is 2.34. The number of rotatable bonds is 4. The Hall–Kier alpha value is -1.43. The van der Waals surface area contributed by atoms with E-state index in [-0.39, 0.29) is 5.69 Å². The van der Waals surface area contributed by atoms with E-state index in [0.717, 1.165) is 0 Å². The molecule has 2 N–H and O–H groups in total. The van der Waals surface area contributed by atoms with Gasteiger partial charge in [-0.2, -0.15) is 5.10 Å². The van der Waals surface area contributed by atoms with E-state index < -0.39 is 4.92 Å². The zero-order chi connectivity index (χ0) is 8.97. The van der Waals surface area contributed by atoms with Crippen molar-refractivity contribution in [3.8, 4) is 0 Å². The molecule has 0 aliphatic heterocycles. The lowest BCUT2D eigenvalue weighted by Gasteiger charge is -1.95. The Morgan fingerprint density at radius 2 is 2.58 bits per heavy atom. The van der Waals surface area contributed by atoms with Crippen molar-refractivity contribution in [2.45, 2.75) is 6.42 Å². The van der Waals surface area contributed by atoms with Gasteiger partial charge in [0.05, 0.1) is 4.92 Å². The summed E-state index contributed by atoms with van der Waals surface area (Å²) < 4.78 is 0. The van der Waals surface area contributed by atoms with Gasteiger partial charge < -0.3 is 5.32 Å². The number of nitrogens with one attached hydrogen (secondary N) is 2. The first-order valence-corrected chi connectivity index (χ1v) is 3.57. The third kappa shape index (κ3) is 1.79. The Morgan fingerprint density at radius 3 is 3.17 bits per heavy atom. The number of nitro groups is 1. The maximum atomic E-state index is 10.4. The monoisotopic (exact) mass is 170 g/mol. The van der Waals surface area contributed by atoms with Gasteiger partial charge in [-0.15, -0.1) is 0 Å². The second kappa shape index (κ2) is 3.82. The summed E-state index contributed by atoms with van der Waals surface area (Å²) in [5.41, 5.74) is 0.625. The van der Waals surface area contributed by atoms with E-state index in [9.17, 15) is 10.1 Å². The predicted molar refractivity (Wildman–Crippen MR) is 42.9 cm³/mol. The Balaban J connectivity index is 2.70. The van der Waals surface area contributed by atoms with Gasteiger partial charge in [-0.05, 0) is 7.05 Å². The first-order valence-electron chi connectivity index (χ1n) is 3.57. The number of aromatic amines is 1. The molecule has 6 heteroatoms. The highest BCUT2D eigenvalue weighted by Gasteiger charge is 2.14. The van der Waals surface area contributed by atoms with Gasteiger partial charge in [-0.1, -0.05) is 0 Å². The second-order valence-electron chi connectivity index (χ2n) is 2.34. The molecule has 1 rings (SSSR count). The fourth-order valence-electron chi connectivity index (χ4n) is 0.898. The standard InChI is InChI=1S/C6H10N4O2/c1-7-3-2-5-6(10(11)12)4-8-9-5/h4,7H,2-3H2,1H3,(H,8,9). The summed E-state index contributed by atoms with van der Waals surface area (Å²) in [5.74, 6) is 0. The van der Waals surface area contributed by atoms with Crippen LogP contribution in [0.15, 0.2) is 6.20 Å². The highest BCUT2D eigenvalue weighted by Crippen LogP contribution is 2.13. The minimum atomic E-state index is -0.436. The van der Waals surface area contributed by atoms with Crippen LogP contribution in [-0.4, -0.2) is 28.7 Å². The fourth-order valence-corrected chi connectivity index (χ4v) is 0.898. The van der Waals surface area contributed by atoms with Crippen LogP contribution in [0.5, 0.6) is 0 Å². The smallest absolute Gasteiger partial charge is 0.309 e. The molecular formula is C6H10N4O2. The number of H-pyrrole nitrogens is 1. The number of likely N-dealkylation sites (N-methyl/N-ethyl adjacent to an activating group) is 1. The van der Waals surface area contributed by atoms with Crippen molar-refractivity contribution in [3.63, 3.8) is 0 Å². The van der Waals surface area contributed by atoms with Gasteiger partial charge in [-0.3, -0.25) is 15.2 Å². The first kappa shape index (κ1) is 8.66. The quantitative estimate of drug-likeness (QED) is 0.495. The molecule has 0 aromatic carbocycles. The molecule has 6 nitrogen and oxygen atoms in total. The molecule has 12 heavy (non-hydrogen) atoms. The maximum Gasteiger partial charge on any atom is 0.309 e. The van der Waals surface area contributed by atoms with Crippen molar-refractivity contribution in [2.24, 2.45) is 0 Å². The largest absolute Gasteiger partial charge is 0.319 e. The molecule has 0 saturated heterocycles. The van der Waals surface area contributed by atoms with Crippen LogP contribution < -0.4 is 5.32 Å². The predicted octanol–water partition coefficient (Wildman–Crippen LogP) is 0.0798. The average Bonchev–Trinajstić information content (AvgIpc) is 2.48. The molecule has 66 valence electrons. The molecule has 0 spiro atoms. The lowest BCUT2D eigenvalue weighted by molar-refractivity contribution is -0.385. The third-order valence-corrected chi connectivity index (χ3v) is 1.52. The Kier molecular flexibility index (Phi) is 2.76. The molecule has 0 saturated carbocycles. The van der Waals surface area contributed by atoms with Gasteiger partial charge >= 0.3 is 5.69 Å². The Bertz CT molecular complexity index is 270. The van der Waals surface area contributed by atoms with E-state index in [2.05, 4.69) is 15.5 Å². The summed E-state index contributed by atoms with van der Waals surface area (Å²) in [6.45, 7) is 0.697. The van der Waals surface area contributed by atoms with E-state index in [1.165, 1.54) is 6.20 Å². The van der Waals surface area contributed by atoms with Crippen LogP contribution in [0.1, 0.15) is 5.69 Å². The van der Waals surface area contributed by atoms with Gasteiger partial charge in [0.1, 0.15) is 11.9 Å². The molecule has 1 aromatic heterocycles. The normalized spacial score (nSPS) is 10.1. The number of aromatic nitrogens is 2. The van der Waals surface area contributed by atoms with Crippen molar-refractivity contribution in [2.75, 3.05) is 13.6 Å². The van der Waals surface area contributed by atoms with Crippen LogP contribution in [0.4, 0.5) is 5.69 Å². The van der Waals surface area contributed by atoms with Crippen LogP contribution in [-0.2, 0) is 6.42 Å². The van der Waals surface area contributed by atoms with E-state index in [4.69, 9.17) is 0 Å². The number of hydrogen-bond acceptors (Lipinski definition) is 4. The molecule has 1 aromatic rings. The van der Waals surface area contributed by atoms with Crippen molar-refractivity contribution >= 4 is 5.69 Å². The Labute approximate surface area is 69.1 Å². The molecular weight excluding hydrogens is 160 g/mol.